The number of ether oxygens (including phenoxy) is 2. The highest BCUT2D eigenvalue weighted by molar-refractivity contribution is 5.85. The monoisotopic (exact) mass is 384 g/mol. The first-order valence-electron chi connectivity index (χ1n) is 9.46. The Bertz CT molecular complexity index is 534. The van der Waals surface area contributed by atoms with Gasteiger partial charge in [0.25, 0.3) is 0 Å². The lowest BCUT2D eigenvalue weighted by Gasteiger charge is -2.22. The van der Waals surface area contributed by atoms with Gasteiger partial charge in [-0.1, -0.05) is 12.1 Å². The number of amides is 1. The number of piperidine rings is 1. The summed E-state index contributed by atoms with van der Waals surface area (Å²) in [5, 5.41) is 6.40. The van der Waals surface area contributed by atoms with Crippen molar-refractivity contribution in [2.75, 3.05) is 32.9 Å². The fourth-order valence-corrected chi connectivity index (χ4v) is 3.08. The number of carbonyl (C=O) groups is 1. The molecule has 26 heavy (non-hydrogen) atoms. The highest BCUT2D eigenvalue weighted by atomic mass is 35.5. The molecule has 0 bridgehead atoms. The van der Waals surface area contributed by atoms with Crippen molar-refractivity contribution in [3.8, 4) is 5.75 Å². The summed E-state index contributed by atoms with van der Waals surface area (Å²) in [6.07, 6.45) is 3.96. The van der Waals surface area contributed by atoms with Crippen molar-refractivity contribution in [2.24, 2.45) is 5.92 Å². The molecule has 1 aromatic rings. The van der Waals surface area contributed by atoms with Crippen LogP contribution in [0.15, 0.2) is 18.2 Å². The van der Waals surface area contributed by atoms with Crippen molar-refractivity contribution in [3.63, 3.8) is 0 Å². The minimum absolute atomic E-state index is 0. The molecule has 1 saturated heterocycles. The van der Waals surface area contributed by atoms with Crippen molar-refractivity contribution in [1.29, 1.82) is 0 Å². The first-order valence-corrected chi connectivity index (χ1v) is 9.46. The Balaban J connectivity index is 0.00000338. The average molecular weight is 385 g/mol. The molecule has 0 aromatic heterocycles. The molecule has 6 heteroatoms. The molecule has 0 unspecified atom stereocenters. The maximum Gasteiger partial charge on any atom is 0.220 e. The average Bonchev–Trinajstić information content (AvgIpc) is 2.63. The molecule has 0 spiro atoms. The molecule has 0 atom stereocenters. The number of aryl methyl sites for hydroxylation is 1. The third-order valence-electron chi connectivity index (χ3n) is 4.63. The van der Waals surface area contributed by atoms with E-state index in [4.69, 9.17) is 9.47 Å². The minimum atomic E-state index is 0. The Morgan fingerprint density at radius 1 is 1.27 bits per heavy atom. The lowest BCUT2D eigenvalue weighted by Crippen LogP contribution is -2.29. The zero-order valence-corrected chi connectivity index (χ0v) is 16.8. The van der Waals surface area contributed by atoms with Gasteiger partial charge in [0, 0.05) is 25.1 Å². The van der Waals surface area contributed by atoms with Crippen LogP contribution in [0, 0.1) is 12.8 Å². The SMILES string of the molecule is CCOCCOc1cc(C)ccc1CNC(=O)CCC1CCNCC1.Cl. The molecule has 148 valence electrons. The fraction of sp³-hybridized carbons (Fsp3) is 0.650. The standard InChI is InChI=1S/C20H32N2O3.ClH/c1-3-24-12-13-25-19-14-16(2)4-6-18(19)15-22-20(23)7-5-17-8-10-21-11-9-17;/h4,6,14,17,21H,3,5,7-13,15H2,1-2H3,(H,22,23);1H. The molecule has 5 nitrogen and oxygen atoms in total. The number of rotatable bonds is 10. The van der Waals surface area contributed by atoms with E-state index in [1.165, 1.54) is 12.8 Å². The van der Waals surface area contributed by atoms with E-state index in [1.54, 1.807) is 0 Å². The van der Waals surface area contributed by atoms with Crippen LogP contribution in [0.3, 0.4) is 0 Å². The zero-order chi connectivity index (χ0) is 17.9. The van der Waals surface area contributed by atoms with Crippen LogP contribution in [0.1, 0.15) is 43.7 Å². The van der Waals surface area contributed by atoms with Gasteiger partial charge in [0.15, 0.2) is 0 Å². The molecule has 2 rings (SSSR count). The summed E-state index contributed by atoms with van der Waals surface area (Å²) in [6, 6.07) is 6.09. The predicted molar refractivity (Wildman–Crippen MR) is 107 cm³/mol. The Morgan fingerprint density at radius 2 is 2.04 bits per heavy atom. The van der Waals surface area contributed by atoms with Gasteiger partial charge in [-0.25, -0.2) is 0 Å². The van der Waals surface area contributed by atoms with E-state index in [9.17, 15) is 4.79 Å². The highest BCUT2D eigenvalue weighted by Gasteiger charge is 2.14. The molecule has 2 N–H and O–H groups in total. The maximum absolute atomic E-state index is 12.1. The molecule has 1 fully saturated rings. The van der Waals surface area contributed by atoms with Gasteiger partial charge in [0.2, 0.25) is 5.91 Å². The number of nitrogens with one attached hydrogen (secondary N) is 2. The third kappa shape index (κ3) is 8.39. The van der Waals surface area contributed by atoms with E-state index in [2.05, 4.69) is 10.6 Å². The normalized spacial score (nSPS) is 14.5. The molecule has 0 radical (unpaired) electrons. The van der Waals surface area contributed by atoms with Crippen LogP contribution in [0.4, 0.5) is 0 Å². The van der Waals surface area contributed by atoms with E-state index in [1.807, 2.05) is 32.0 Å². The second kappa shape index (κ2) is 13.0. The Kier molecular flexibility index (Phi) is 11.3. The minimum Gasteiger partial charge on any atom is -0.491 e. The zero-order valence-electron chi connectivity index (χ0n) is 16.0. The fourth-order valence-electron chi connectivity index (χ4n) is 3.08. The van der Waals surface area contributed by atoms with Gasteiger partial charge in [0.05, 0.1) is 6.61 Å². The van der Waals surface area contributed by atoms with Gasteiger partial charge >= 0.3 is 0 Å². The summed E-state index contributed by atoms with van der Waals surface area (Å²) >= 11 is 0. The van der Waals surface area contributed by atoms with Gasteiger partial charge in [-0.15, -0.1) is 12.4 Å². The van der Waals surface area contributed by atoms with Gasteiger partial charge in [0.1, 0.15) is 12.4 Å². The molecular weight excluding hydrogens is 352 g/mol. The Labute approximate surface area is 163 Å². The number of benzene rings is 1. The summed E-state index contributed by atoms with van der Waals surface area (Å²) in [4.78, 5) is 12.1. The Morgan fingerprint density at radius 3 is 2.77 bits per heavy atom. The highest BCUT2D eigenvalue weighted by Crippen LogP contribution is 2.21. The second-order valence-electron chi connectivity index (χ2n) is 6.67. The molecule has 1 aromatic carbocycles. The second-order valence-corrected chi connectivity index (χ2v) is 6.67. The van der Waals surface area contributed by atoms with Crippen LogP contribution in [-0.4, -0.2) is 38.8 Å². The van der Waals surface area contributed by atoms with Gasteiger partial charge in [-0.05, 0) is 63.7 Å². The summed E-state index contributed by atoms with van der Waals surface area (Å²) in [5.41, 5.74) is 2.16. The van der Waals surface area contributed by atoms with Crippen molar-refractivity contribution < 1.29 is 14.3 Å². The van der Waals surface area contributed by atoms with Crippen LogP contribution in [0.5, 0.6) is 5.75 Å². The van der Waals surface area contributed by atoms with E-state index in [-0.39, 0.29) is 18.3 Å². The van der Waals surface area contributed by atoms with Crippen LogP contribution in [-0.2, 0) is 16.1 Å². The van der Waals surface area contributed by atoms with Crippen LogP contribution in [0.2, 0.25) is 0 Å². The van der Waals surface area contributed by atoms with E-state index in [0.29, 0.717) is 38.7 Å². The summed E-state index contributed by atoms with van der Waals surface area (Å²) in [5.74, 6) is 1.64. The first-order chi connectivity index (χ1) is 12.2. The first kappa shape index (κ1) is 22.7. The van der Waals surface area contributed by atoms with E-state index < -0.39 is 0 Å². The summed E-state index contributed by atoms with van der Waals surface area (Å²) in [6.45, 7) is 8.47. The molecule has 1 amide bonds. The van der Waals surface area contributed by atoms with Crippen molar-refractivity contribution in [1.82, 2.24) is 10.6 Å². The van der Waals surface area contributed by atoms with Gasteiger partial charge < -0.3 is 20.1 Å². The Hall–Kier alpha value is -1.30. The smallest absolute Gasteiger partial charge is 0.220 e. The van der Waals surface area contributed by atoms with Crippen molar-refractivity contribution >= 4 is 18.3 Å². The number of halogens is 1. The van der Waals surface area contributed by atoms with E-state index >= 15 is 0 Å². The van der Waals surface area contributed by atoms with E-state index in [0.717, 1.165) is 36.4 Å². The number of hydrogen-bond acceptors (Lipinski definition) is 4. The van der Waals surface area contributed by atoms with Crippen molar-refractivity contribution in [3.05, 3.63) is 29.3 Å². The third-order valence-corrected chi connectivity index (χ3v) is 4.63. The van der Waals surface area contributed by atoms with Crippen LogP contribution in [0.25, 0.3) is 0 Å². The van der Waals surface area contributed by atoms with Crippen LogP contribution < -0.4 is 15.4 Å². The maximum atomic E-state index is 12.1. The predicted octanol–water partition coefficient (Wildman–Crippen LogP) is 3.23. The summed E-state index contributed by atoms with van der Waals surface area (Å²) < 4.78 is 11.1. The van der Waals surface area contributed by atoms with Crippen LogP contribution >= 0.6 is 12.4 Å². The van der Waals surface area contributed by atoms with Gasteiger partial charge in [-0.3, -0.25) is 4.79 Å². The lowest BCUT2D eigenvalue weighted by atomic mass is 9.93. The summed E-state index contributed by atoms with van der Waals surface area (Å²) in [7, 11) is 0. The van der Waals surface area contributed by atoms with Gasteiger partial charge in [-0.2, -0.15) is 0 Å². The molecule has 1 heterocycles. The molecular formula is C20H33ClN2O3. The largest absolute Gasteiger partial charge is 0.491 e. The quantitative estimate of drug-likeness (QED) is 0.608. The number of hydrogen-bond donors (Lipinski definition) is 2. The lowest BCUT2D eigenvalue weighted by molar-refractivity contribution is -0.121. The topological polar surface area (TPSA) is 59.6 Å². The number of carbonyl (C=O) groups excluding carboxylic acids is 1. The molecule has 0 saturated carbocycles. The molecule has 0 aliphatic carbocycles. The van der Waals surface area contributed by atoms with Crippen molar-refractivity contribution in [2.45, 2.75) is 46.1 Å². The molecule has 1 aliphatic rings. The molecule has 1 aliphatic heterocycles.